The predicted octanol–water partition coefficient (Wildman–Crippen LogP) is 2.14. The van der Waals surface area contributed by atoms with E-state index in [1.54, 1.807) is 0 Å². The van der Waals surface area contributed by atoms with E-state index in [0.717, 1.165) is 37.8 Å². The van der Waals surface area contributed by atoms with Crippen molar-refractivity contribution in [2.24, 2.45) is 0 Å². The number of nitrogens with one attached hydrogen (secondary N) is 1. The highest BCUT2D eigenvalue weighted by molar-refractivity contribution is 5.92. The Balaban J connectivity index is 1.95. The molecule has 0 radical (unpaired) electrons. The monoisotopic (exact) mass is 298 g/mol. The van der Waals surface area contributed by atoms with E-state index in [2.05, 4.69) is 5.32 Å². The molecule has 1 fully saturated rings. The van der Waals surface area contributed by atoms with Crippen molar-refractivity contribution >= 4 is 11.6 Å². The summed E-state index contributed by atoms with van der Waals surface area (Å²) in [4.78, 5) is 13.9. The highest BCUT2D eigenvalue weighted by Gasteiger charge is 2.24. The number of amides is 1. The molecule has 0 spiro atoms. The maximum Gasteiger partial charge on any atom is 0.238 e. The third-order valence-electron chi connectivity index (χ3n) is 3.78. The van der Waals surface area contributed by atoms with Crippen molar-refractivity contribution in [3.63, 3.8) is 0 Å². The molecular formula is C15H20F2N2O2. The van der Waals surface area contributed by atoms with Crippen molar-refractivity contribution < 1.29 is 18.7 Å². The molecule has 1 saturated carbocycles. The maximum atomic E-state index is 13.5. The first kappa shape index (κ1) is 15.9. The Kier molecular flexibility index (Phi) is 5.64. The fourth-order valence-electron chi connectivity index (χ4n) is 2.75. The fourth-order valence-corrected chi connectivity index (χ4v) is 2.75. The average Bonchev–Trinajstić information content (AvgIpc) is 2.95. The Morgan fingerprint density at radius 3 is 2.67 bits per heavy atom. The Morgan fingerprint density at radius 2 is 2.05 bits per heavy atom. The smallest absolute Gasteiger partial charge is 0.238 e. The van der Waals surface area contributed by atoms with E-state index < -0.39 is 11.6 Å². The summed E-state index contributed by atoms with van der Waals surface area (Å²) in [6.07, 6.45) is 4.28. The first-order valence-electron chi connectivity index (χ1n) is 7.20. The molecule has 0 aliphatic heterocycles. The minimum absolute atomic E-state index is 0.0192. The largest absolute Gasteiger partial charge is 0.395 e. The lowest BCUT2D eigenvalue weighted by Crippen LogP contribution is -2.41. The number of hydrogen-bond donors (Lipinski definition) is 2. The van der Waals surface area contributed by atoms with Crippen LogP contribution in [0.25, 0.3) is 0 Å². The molecule has 116 valence electrons. The van der Waals surface area contributed by atoms with Crippen LogP contribution in [-0.2, 0) is 4.79 Å². The predicted molar refractivity (Wildman–Crippen MR) is 75.9 cm³/mol. The highest BCUT2D eigenvalue weighted by atomic mass is 19.1. The molecule has 0 bridgehead atoms. The SMILES string of the molecule is O=C(CN(CCO)C1CCCC1)Nc1ccc(F)cc1F. The van der Waals surface area contributed by atoms with Crippen LogP contribution in [0.15, 0.2) is 18.2 Å². The molecule has 2 rings (SSSR count). The van der Waals surface area contributed by atoms with Crippen LogP contribution in [0.1, 0.15) is 25.7 Å². The molecule has 0 atom stereocenters. The normalized spacial score (nSPS) is 15.6. The molecule has 21 heavy (non-hydrogen) atoms. The first-order valence-corrected chi connectivity index (χ1v) is 7.20. The standard InChI is InChI=1S/C15H20F2N2O2/c16-11-5-6-14(13(17)9-11)18-15(21)10-19(7-8-20)12-3-1-2-4-12/h5-6,9,12,20H,1-4,7-8,10H2,(H,18,21). The number of aliphatic hydroxyl groups excluding tert-OH is 1. The number of nitrogens with zero attached hydrogens (tertiary/aromatic N) is 1. The van der Waals surface area contributed by atoms with Crippen LogP contribution < -0.4 is 5.32 Å². The average molecular weight is 298 g/mol. The van der Waals surface area contributed by atoms with Gasteiger partial charge >= 0.3 is 0 Å². The Hall–Kier alpha value is -1.53. The van der Waals surface area contributed by atoms with Crippen molar-refractivity contribution in [3.8, 4) is 0 Å². The van der Waals surface area contributed by atoms with Gasteiger partial charge in [-0.1, -0.05) is 12.8 Å². The van der Waals surface area contributed by atoms with Crippen LogP contribution in [-0.4, -0.2) is 41.7 Å². The number of aliphatic hydroxyl groups is 1. The summed E-state index contributed by atoms with van der Waals surface area (Å²) < 4.78 is 26.3. The summed E-state index contributed by atoms with van der Waals surface area (Å²) in [6.45, 7) is 0.501. The Labute approximate surface area is 122 Å². The van der Waals surface area contributed by atoms with Gasteiger partial charge in [-0.15, -0.1) is 0 Å². The van der Waals surface area contributed by atoms with Gasteiger partial charge in [0.1, 0.15) is 11.6 Å². The fraction of sp³-hybridized carbons (Fsp3) is 0.533. The Morgan fingerprint density at radius 1 is 1.33 bits per heavy atom. The molecule has 2 N–H and O–H groups in total. The van der Waals surface area contributed by atoms with Crippen molar-refractivity contribution in [2.45, 2.75) is 31.7 Å². The lowest BCUT2D eigenvalue weighted by molar-refractivity contribution is -0.118. The van der Waals surface area contributed by atoms with E-state index in [1.807, 2.05) is 4.90 Å². The van der Waals surface area contributed by atoms with E-state index in [4.69, 9.17) is 5.11 Å². The van der Waals surface area contributed by atoms with Crippen molar-refractivity contribution in [2.75, 3.05) is 25.0 Å². The number of benzene rings is 1. The third-order valence-corrected chi connectivity index (χ3v) is 3.78. The second-order valence-electron chi connectivity index (χ2n) is 5.30. The van der Waals surface area contributed by atoms with Gasteiger partial charge in [0, 0.05) is 18.7 Å². The maximum absolute atomic E-state index is 13.5. The molecule has 1 aliphatic rings. The van der Waals surface area contributed by atoms with E-state index in [-0.39, 0.29) is 24.7 Å². The van der Waals surface area contributed by atoms with Crippen molar-refractivity contribution in [1.82, 2.24) is 4.90 Å². The lowest BCUT2D eigenvalue weighted by Gasteiger charge is -2.27. The second kappa shape index (κ2) is 7.47. The van der Waals surface area contributed by atoms with Crippen LogP contribution in [0.4, 0.5) is 14.5 Å². The third kappa shape index (κ3) is 4.47. The molecule has 0 heterocycles. The summed E-state index contributed by atoms with van der Waals surface area (Å²) in [5.74, 6) is -1.84. The number of halogens is 2. The molecule has 6 heteroatoms. The highest BCUT2D eigenvalue weighted by Crippen LogP contribution is 2.23. The van der Waals surface area contributed by atoms with E-state index >= 15 is 0 Å². The number of carbonyl (C=O) groups is 1. The molecule has 1 amide bonds. The van der Waals surface area contributed by atoms with Gasteiger partial charge in [0.15, 0.2) is 0 Å². The number of rotatable bonds is 6. The lowest BCUT2D eigenvalue weighted by atomic mass is 10.2. The number of carbonyl (C=O) groups excluding carboxylic acids is 1. The van der Waals surface area contributed by atoms with Gasteiger partial charge in [0.2, 0.25) is 5.91 Å². The second-order valence-corrected chi connectivity index (χ2v) is 5.30. The van der Waals surface area contributed by atoms with Gasteiger partial charge in [-0.3, -0.25) is 9.69 Å². The van der Waals surface area contributed by atoms with Crippen LogP contribution in [0.5, 0.6) is 0 Å². The van der Waals surface area contributed by atoms with E-state index in [0.29, 0.717) is 12.6 Å². The van der Waals surface area contributed by atoms with Gasteiger partial charge in [-0.25, -0.2) is 8.78 Å². The van der Waals surface area contributed by atoms with Gasteiger partial charge in [0.05, 0.1) is 18.8 Å². The van der Waals surface area contributed by atoms with Gasteiger partial charge < -0.3 is 10.4 Å². The summed E-state index contributed by atoms with van der Waals surface area (Å²) in [7, 11) is 0. The van der Waals surface area contributed by atoms with E-state index in [9.17, 15) is 13.6 Å². The van der Waals surface area contributed by atoms with Crippen LogP contribution in [0.3, 0.4) is 0 Å². The quantitative estimate of drug-likeness (QED) is 0.846. The zero-order valence-corrected chi connectivity index (χ0v) is 11.8. The summed E-state index contributed by atoms with van der Waals surface area (Å²) >= 11 is 0. The molecular weight excluding hydrogens is 278 g/mol. The van der Waals surface area contributed by atoms with Crippen LogP contribution in [0, 0.1) is 11.6 Å². The minimum Gasteiger partial charge on any atom is -0.395 e. The molecule has 0 aromatic heterocycles. The number of hydrogen-bond acceptors (Lipinski definition) is 3. The summed E-state index contributed by atoms with van der Waals surface area (Å²) in [5.41, 5.74) is -0.0308. The van der Waals surface area contributed by atoms with Crippen molar-refractivity contribution in [1.29, 1.82) is 0 Å². The Bertz CT molecular complexity index is 491. The molecule has 0 saturated heterocycles. The van der Waals surface area contributed by atoms with Gasteiger partial charge in [-0.05, 0) is 25.0 Å². The number of anilines is 1. The minimum atomic E-state index is -0.794. The van der Waals surface area contributed by atoms with Crippen LogP contribution >= 0.6 is 0 Å². The first-order chi connectivity index (χ1) is 10.1. The summed E-state index contributed by atoms with van der Waals surface area (Å²) in [5, 5.41) is 11.5. The van der Waals surface area contributed by atoms with Gasteiger partial charge in [0.25, 0.3) is 0 Å². The van der Waals surface area contributed by atoms with Crippen molar-refractivity contribution in [3.05, 3.63) is 29.8 Å². The van der Waals surface area contributed by atoms with E-state index in [1.165, 1.54) is 6.07 Å². The molecule has 4 nitrogen and oxygen atoms in total. The molecule has 1 aromatic rings. The van der Waals surface area contributed by atoms with Gasteiger partial charge in [-0.2, -0.15) is 0 Å². The van der Waals surface area contributed by atoms with Crippen LogP contribution in [0.2, 0.25) is 0 Å². The molecule has 0 unspecified atom stereocenters. The zero-order chi connectivity index (χ0) is 15.2. The molecule has 1 aromatic carbocycles. The topological polar surface area (TPSA) is 52.6 Å². The zero-order valence-electron chi connectivity index (χ0n) is 11.8. The molecule has 1 aliphatic carbocycles. The summed E-state index contributed by atoms with van der Waals surface area (Å²) in [6, 6.07) is 3.33.